The number of ether oxygens (including phenoxy) is 3. The second-order valence-corrected chi connectivity index (χ2v) is 9.31. The highest BCUT2D eigenvalue weighted by Crippen LogP contribution is 2.40. The maximum Gasteiger partial charge on any atom is 0.338 e. The highest BCUT2D eigenvalue weighted by molar-refractivity contribution is 9.10. The number of carbonyl (C=O) groups is 1. The number of rotatable bonds is 6. The van der Waals surface area contributed by atoms with Crippen LogP contribution in [0.25, 0.3) is 6.08 Å². The third-order valence-corrected chi connectivity index (χ3v) is 7.08. The van der Waals surface area contributed by atoms with E-state index < -0.39 is 12.0 Å². The molecule has 0 saturated carbocycles. The molecule has 0 aliphatic carbocycles. The molecule has 9 heteroatoms. The van der Waals surface area contributed by atoms with Crippen molar-refractivity contribution in [3.63, 3.8) is 0 Å². The van der Waals surface area contributed by atoms with Crippen LogP contribution >= 0.6 is 27.3 Å². The van der Waals surface area contributed by atoms with Gasteiger partial charge in [0.1, 0.15) is 0 Å². The van der Waals surface area contributed by atoms with Crippen LogP contribution in [0.1, 0.15) is 31.0 Å². The molecule has 0 unspecified atom stereocenters. The molecule has 0 bridgehead atoms. The number of halogens is 1. The lowest BCUT2D eigenvalue weighted by Crippen LogP contribution is -2.40. The van der Waals surface area contributed by atoms with Gasteiger partial charge in [-0.05, 0) is 43.2 Å². The number of carbonyl (C=O) groups excluding carboxylic acids is 1. The van der Waals surface area contributed by atoms with E-state index in [1.54, 1.807) is 37.7 Å². The molecule has 0 fully saturated rings. The lowest BCUT2D eigenvalue weighted by atomic mass is 9.95. The normalized spacial score (nSPS) is 15.6. The van der Waals surface area contributed by atoms with Gasteiger partial charge in [-0.25, -0.2) is 9.79 Å². The van der Waals surface area contributed by atoms with Crippen molar-refractivity contribution in [1.29, 1.82) is 0 Å². The van der Waals surface area contributed by atoms with Crippen molar-refractivity contribution in [3.8, 4) is 11.5 Å². The van der Waals surface area contributed by atoms with Gasteiger partial charge >= 0.3 is 5.97 Å². The summed E-state index contributed by atoms with van der Waals surface area (Å²) >= 11 is 4.88. The minimum Gasteiger partial charge on any atom is -0.493 e. The third kappa shape index (κ3) is 4.33. The SMILES string of the molecule is CCOC(=O)C1=C(C)N=c2s/c(=C\c3ccccc3)c(=O)n2[C@@H]1c1cc(OC)c(OC)cc1Br. The summed E-state index contributed by atoms with van der Waals surface area (Å²) in [5.74, 6) is 0.478. The van der Waals surface area contributed by atoms with E-state index in [4.69, 9.17) is 14.2 Å². The molecule has 0 N–H and O–H groups in total. The van der Waals surface area contributed by atoms with Crippen LogP contribution in [0.4, 0.5) is 0 Å². The molecule has 7 nitrogen and oxygen atoms in total. The third-order valence-electron chi connectivity index (χ3n) is 5.41. The summed E-state index contributed by atoms with van der Waals surface area (Å²) in [6.45, 7) is 3.69. The van der Waals surface area contributed by atoms with Crippen molar-refractivity contribution < 1.29 is 19.0 Å². The highest BCUT2D eigenvalue weighted by atomic mass is 79.9. The van der Waals surface area contributed by atoms with Gasteiger partial charge in [-0.3, -0.25) is 9.36 Å². The molecule has 3 aromatic rings. The lowest BCUT2D eigenvalue weighted by molar-refractivity contribution is -0.139. The highest BCUT2D eigenvalue weighted by Gasteiger charge is 2.35. The Morgan fingerprint density at radius 3 is 2.50 bits per heavy atom. The van der Waals surface area contributed by atoms with Crippen molar-refractivity contribution in [3.05, 3.63) is 89.0 Å². The monoisotopic (exact) mass is 542 g/mol. The Hall–Kier alpha value is -3.17. The van der Waals surface area contributed by atoms with Gasteiger partial charge in [0, 0.05) is 4.47 Å². The van der Waals surface area contributed by atoms with Gasteiger partial charge in [-0.2, -0.15) is 0 Å². The maximum atomic E-state index is 13.7. The van der Waals surface area contributed by atoms with E-state index in [2.05, 4.69) is 20.9 Å². The Bertz CT molecular complexity index is 1460. The van der Waals surface area contributed by atoms with Gasteiger partial charge in [-0.15, -0.1) is 0 Å². The number of fused-ring (bicyclic) bond motifs is 1. The van der Waals surface area contributed by atoms with Gasteiger partial charge in [-0.1, -0.05) is 57.6 Å². The Morgan fingerprint density at radius 1 is 1.18 bits per heavy atom. The number of allylic oxidation sites excluding steroid dienone is 1. The summed E-state index contributed by atoms with van der Waals surface area (Å²) in [7, 11) is 3.08. The predicted molar refractivity (Wildman–Crippen MR) is 134 cm³/mol. The fourth-order valence-corrected chi connectivity index (χ4v) is 5.45. The Balaban J connectivity index is 2.02. The van der Waals surface area contributed by atoms with Gasteiger partial charge < -0.3 is 14.2 Å². The molecule has 2 heterocycles. The van der Waals surface area contributed by atoms with Gasteiger partial charge in [0.2, 0.25) is 0 Å². The van der Waals surface area contributed by atoms with E-state index in [1.165, 1.54) is 18.4 Å². The quantitative estimate of drug-likeness (QED) is 0.445. The van der Waals surface area contributed by atoms with Crippen LogP contribution in [0, 0.1) is 0 Å². The first-order valence-electron chi connectivity index (χ1n) is 10.6. The standard InChI is InChI=1S/C25H23BrN2O5S/c1-5-33-24(30)21-14(2)27-25-28(23(29)20(34-25)11-15-9-7-6-8-10-15)22(21)16-12-18(31-3)19(32-4)13-17(16)26/h6-13,22H,5H2,1-4H3/b20-11-/t22-/m1/s1. The smallest absolute Gasteiger partial charge is 0.338 e. The van der Waals surface area contributed by atoms with Gasteiger partial charge in [0.05, 0.1) is 42.7 Å². The zero-order valence-corrected chi connectivity index (χ0v) is 21.5. The second-order valence-electron chi connectivity index (χ2n) is 7.44. The van der Waals surface area contributed by atoms with Gasteiger partial charge in [0.15, 0.2) is 16.3 Å². The van der Waals surface area contributed by atoms with E-state index in [1.807, 2.05) is 36.4 Å². The minimum absolute atomic E-state index is 0.202. The van der Waals surface area contributed by atoms with Crippen LogP contribution in [-0.4, -0.2) is 31.4 Å². The predicted octanol–water partition coefficient (Wildman–Crippen LogP) is 3.58. The average molecular weight is 543 g/mol. The number of nitrogens with zero attached hydrogens (tertiary/aromatic N) is 2. The van der Waals surface area contributed by atoms with Crippen molar-refractivity contribution in [2.75, 3.05) is 20.8 Å². The summed E-state index contributed by atoms with van der Waals surface area (Å²) in [4.78, 5) is 31.8. The number of hydrogen-bond acceptors (Lipinski definition) is 7. The number of aromatic nitrogens is 1. The van der Waals surface area contributed by atoms with E-state index in [9.17, 15) is 9.59 Å². The van der Waals surface area contributed by atoms with Crippen LogP contribution in [0.15, 0.2) is 68.0 Å². The lowest BCUT2D eigenvalue weighted by Gasteiger charge is -2.26. The van der Waals surface area contributed by atoms with Crippen molar-refractivity contribution in [2.45, 2.75) is 19.9 Å². The van der Waals surface area contributed by atoms with E-state index >= 15 is 0 Å². The molecule has 0 amide bonds. The number of hydrogen-bond donors (Lipinski definition) is 0. The molecule has 4 rings (SSSR count). The van der Waals surface area contributed by atoms with E-state index in [0.29, 0.717) is 42.1 Å². The summed E-state index contributed by atoms with van der Waals surface area (Å²) in [6, 6.07) is 12.4. The summed E-state index contributed by atoms with van der Waals surface area (Å²) < 4.78 is 19.0. The molecule has 176 valence electrons. The number of thiazole rings is 1. The van der Waals surface area contributed by atoms with Crippen molar-refractivity contribution >= 4 is 39.3 Å². The molecule has 0 spiro atoms. The van der Waals surface area contributed by atoms with Crippen molar-refractivity contribution in [2.24, 2.45) is 4.99 Å². The largest absolute Gasteiger partial charge is 0.493 e. The van der Waals surface area contributed by atoms with Crippen LogP contribution in [0.5, 0.6) is 11.5 Å². The number of benzene rings is 2. The first kappa shape index (κ1) is 24.0. The molecule has 1 aliphatic heterocycles. The molecule has 2 aromatic carbocycles. The Kier molecular flexibility index (Phi) is 7.04. The molecule has 0 radical (unpaired) electrons. The summed E-state index contributed by atoms with van der Waals surface area (Å²) in [5, 5.41) is 0. The average Bonchev–Trinajstić information content (AvgIpc) is 3.13. The topological polar surface area (TPSA) is 79.1 Å². The van der Waals surface area contributed by atoms with E-state index in [0.717, 1.165) is 5.56 Å². The first-order chi connectivity index (χ1) is 16.4. The summed E-state index contributed by atoms with van der Waals surface area (Å²) in [5.41, 5.74) is 2.11. The molecule has 1 atom stereocenters. The number of esters is 1. The zero-order valence-electron chi connectivity index (χ0n) is 19.1. The zero-order chi connectivity index (χ0) is 24.4. The van der Waals surface area contributed by atoms with Gasteiger partial charge in [0.25, 0.3) is 5.56 Å². The molecular weight excluding hydrogens is 520 g/mol. The molecule has 1 aliphatic rings. The Labute approximate surface area is 208 Å². The van der Waals surface area contributed by atoms with Crippen LogP contribution in [0.2, 0.25) is 0 Å². The van der Waals surface area contributed by atoms with Crippen LogP contribution < -0.4 is 24.4 Å². The first-order valence-corrected chi connectivity index (χ1v) is 12.2. The summed E-state index contributed by atoms with van der Waals surface area (Å²) in [6.07, 6.45) is 1.83. The Morgan fingerprint density at radius 2 is 1.85 bits per heavy atom. The van der Waals surface area contributed by atoms with Crippen LogP contribution in [-0.2, 0) is 9.53 Å². The molecular formula is C25H23BrN2O5S. The van der Waals surface area contributed by atoms with Crippen molar-refractivity contribution in [1.82, 2.24) is 4.57 Å². The maximum absolute atomic E-state index is 13.7. The molecule has 34 heavy (non-hydrogen) atoms. The number of methoxy groups -OCH3 is 2. The second kappa shape index (κ2) is 9.99. The molecule has 1 aromatic heterocycles. The fraction of sp³-hybridized carbons (Fsp3) is 0.240. The van der Waals surface area contributed by atoms with E-state index in [-0.39, 0.29) is 12.2 Å². The minimum atomic E-state index is -0.762. The molecule has 0 saturated heterocycles. The van der Waals surface area contributed by atoms with Crippen LogP contribution in [0.3, 0.4) is 0 Å². The fourth-order valence-electron chi connectivity index (χ4n) is 3.87.